The normalized spacial score (nSPS) is 21.3. The number of piperazine rings is 1. The molecule has 2 aromatic carbocycles. The van der Waals surface area contributed by atoms with Gasteiger partial charge in [-0.05, 0) is 48.2 Å². The van der Waals surface area contributed by atoms with Gasteiger partial charge in [-0.15, -0.1) is 0 Å². The Hall–Kier alpha value is -2.92. The lowest BCUT2D eigenvalue weighted by Crippen LogP contribution is -2.49. The van der Waals surface area contributed by atoms with Gasteiger partial charge < -0.3 is 9.80 Å². The predicted octanol–water partition coefficient (Wildman–Crippen LogP) is 6.20. The molecule has 3 nitrogen and oxygen atoms in total. The largest absolute Gasteiger partial charge is 0.418 e. The summed E-state index contributed by atoms with van der Waals surface area (Å²) >= 11 is 0. The maximum Gasteiger partial charge on any atom is 0.418 e. The molecule has 2 unspecified atom stereocenters. The maximum atomic E-state index is 13.4. The number of halogens is 9. The number of hydrogen-bond acceptors (Lipinski definition) is 2. The molecule has 0 radical (unpaired) electrons. The molecule has 1 aliphatic carbocycles. The smallest absolute Gasteiger partial charge is 0.367 e. The number of hydrogen-bond donors (Lipinski definition) is 0. The quantitative estimate of drug-likeness (QED) is 0.460. The summed E-state index contributed by atoms with van der Waals surface area (Å²) in [6, 6.07) is 5.81. The van der Waals surface area contributed by atoms with Crippen molar-refractivity contribution >= 4 is 11.6 Å². The first-order valence-corrected chi connectivity index (χ1v) is 10.7. The fourth-order valence-corrected chi connectivity index (χ4v) is 4.37. The van der Waals surface area contributed by atoms with E-state index in [-0.39, 0.29) is 38.0 Å². The van der Waals surface area contributed by atoms with Gasteiger partial charge in [0.2, 0.25) is 5.91 Å². The lowest BCUT2D eigenvalue weighted by Gasteiger charge is -2.37. The summed E-state index contributed by atoms with van der Waals surface area (Å²) in [7, 11) is 0. The molecule has 0 bridgehead atoms. The van der Waals surface area contributed by atoms with Crippen LogP contribution in [-0.2, 0) is 23.3 Å². The SMILES string of the molecule is O=C(C1CC1c1ccc(C(F)(F)F)cc1)N1CCN(c2cc(C(F)(F)F)ccc2C(F)(F)F)CC1. The van der Waals surface area contributed by atoms with Gasteiger partial charge >= 0.3 is 18.5 Å². The second-order valence-electron chi connectivity index (χ2n) is 8.61. The van der Waals surface area contributed by atoms with Crippen molar-refractivity contribution in [3.8, 4) is 0 Å². The molecule has 1 saturated heterocycles. The third-order valence-electron chi connectivity index (χ3n) is 6.34. The Balaban J connectivity index is 1.42. The van der Waals surface area contributed by atoms with Gasteiger partial charge in [-0.3, -0.25) is 4.79 Å². The highest BCUT2D eigenvalue weighted by Gasteiger charge is 2.47. The van der Waals surface area contributed by atoms with Gasteiger partial charge in [-0.25, -0.2) is 0 Å². The number of anilines is 1. The van der Waals surface area contributed by atoms with Gasteiger partial charge in [-0.2, -0.15) is 39.5 Å². The summed E-state index contributed by atoms with van der Waals surface area (Å²) in [5, 5.41) is 0. The molecule has 0 aromatic heterocycles. The summed E-state index contributed by atoms with van der Waals surface area (Å²) in [6.45, 7) is -0.146. The van der Waals surface area contributed by atoms with E-state index >= 15 is 0 Å². The Kier molecular flexibility index (Phi) is 6.21. The van der Waals surface area contributed by atoms with E-state index in [4.69, 9.17) is 0 Å². The van der Waals surface area contributed by atoms with Crippen LogP contribution < -0.4 is 4.90 Å². The van der Waals surface area contributed by atoms with Crippen molar-refractivity contribution in [3.05, 3.63) is 64.7 Å². The molecular formula is C23H19F9N2O. The molecule has 1 saturated carbocycles. The van der Waals surface area contributed by atoms with E-state index in [1.165, 1.54) is 21.9 Å². The zero-order chi connectivity index (χ0) is 25.8. The molecular weight excluding hydrogens is 491 g/mol. The first-order valence-electron chi connectivity index (χ1n) is 10.7. The fourth-order valence-electron chi connectivity index (χ4n) is 4.37. The third kappa shape index (κ3) is 5.35. The Labute approximate surface area is 194 Å². The molecule has 35 heavy (non-hydrogen) atoms. The van der Waals surface area contributed by atoms with Crippen molar-refractivity contribution in [1.82, 2.24) is 4.90 Å². The number of amides is 1. The van der Waals surface area contributed by atoms with Crippen LogP contribution in [0.3, 0.4) is 0 Å². The zero-order valence-electron chi connectivity index (χ0n) is 17.9. The van der Waals surface area contributed by atoms with Crippen molar-refractivity contribution in [1.29, 1.82) is 0 Å². The average molecular weight is 510 g/mol. The van der Waals surface area contributed by atoms with Gasteiger partial charge in [0.15, 0.2) is 0 Å². The first kappa shape index (κ1) is 25.2. The van der Waals surface area contributed by atoms with E-state index in [0.717, 1.165) is 12.1 Å². The highest BCUT2D eigenvalue weighted by molar-refractivity contribution is 5.83. The molecule has 1 heterocycles. The summed E-state index contributed by atoms with van der Waals surface area (Å²) in [5.74, 6) is -0.963. The Morgan fingerprint density at radius 1 is 0.714 bits per heavy atom. The van der Waals surface area contributed by atoms with Crippen molar-refractivity contribution in [3.63, 3.8) is 0 Å². The maximum absolute atomic E-state index is 13.4. The van der Waals surface area contributed by atoms with E-state index in [2.05, 4.69) is 0 Å². The van der Waals surface area contributed by atoms with Crippen molar-refractivity contribution < 1.29 is 44.3 Å². The van der Waals surface area contributed by atoms with E-state index in [0.29, 0.717) is 30.2 Å². The van der Waals surface area contributed by atoms with Crippen LogP contribution in [0.2, 0.25) is 0 Å². The van der Waals surface area contributed by atoms with Crippen LogP contribution in [0.25, 0.3) is 0 Å². The minimum atomic E-state index is -4.85. The minimum absolute atomic E-state index is 0.0165. The summed E-state index contributed by atoms with van der Waals surface area (Å²) in [6.07, 6.45) is -13.7. The van der Waals surface area contributed by atoms with E-state index in [1.807, 2.05) is 0 Å². The minimum Gasteiger partial charge on any atom is -0.367 e. The van der Waals surface area contributed by atoms with Crippen LogP contribution in [-0.4, -0.2) is 37.0 Å². The molecule has 0 N–H and O–H groups in total. The number of carbonyl (C=O) groups excluding carboxylic acids is 1. The van der Waals surface area contributed by atoms with Crippen molar-refractivity contribution in [2.45, 2.75) is 30.9 Å². The molecule has 2 aliphatic rings. The Morgan fingerprint density at radius 2 is 1.26 bits per heavy atom. The molecule has 1 amide bonds. The highest BCUT2D eigenvalue weighted by Crippen LogP contribution is 2.49. The number of carbonyl (C=O) groups is 1. The lowest BCUT2D eigenvalue weighted by molar-refractivity contribution is -0.141. The molecule has 2 atom stereocenters. The van der Waals surface area contributed by atoms with Crippen LogP contribution in [0.5, 0.6) is 0 Å². The third-order valence-corrected chi connectivity index (χ3v) is 6.34. The second-order valence-corrected chi connectivity index (χ2v) is 8.61. The highest BCUT2D eigenvalue weighted by atomic mass is 19.4. The average Bonchev–Trinajstić information content (AvgIpc) is 3.57. The summed E-state index contributed by atoms with van der Waals surface area (Å²) in [4.78, 5) is 15.4. The van der Waals surface area contributed by atoms with E-state index in [9.17, 15) is 44.3 Å². The number of nitrogens with zero attached hydrogens (tertiary/aromatic N) is 2. The molecule has 4 rings (SSSR count). The van der Waals surface area contributed by atoms with Gasteiger partial charge in [0, 0.05) is 37.8 Å². The van der Waals surface area contributed by atoms with Gasteiger partial charge in [0.1, 0.15) is 0 Å². The van der Waals surface area contributed by atoms with Crippen LogP contribution in [0, 0.1) is 5.92 Å². The topological polar surface area (TPSA) is 23.6 Å². The van der Waals surface area contributed by atoms with Crippen LogP contribution >= 0.6 is 0 Å². The van der Waals surface area contributed by atoms with Crippen LogP contribution in [0.4, 0.5) is 45.2 Å². The molecule has 190 valence electrons. The van der Waals surface area contributed by atoms with Gasteiger partial charge in [-0.1, -0.05) is 12.1 Å². The van der Waals surface area contributed by atoms with Crippen LogP contribution in [0.1, 0.15) is 34.6 Å². The van der Waals surface area contributed by atoms with E-state index in [1.54, 1.807) is 0 Å². The molecule has 1 aliphatic heterocycles. The first-order chi connectivity index (χ1) is 16.2. The fraction of sp³-hybridized carbons (Fsp3) is 0.435. The second kappa shape index (κ2) is 8.63. The Morgan fingerprint density at radius 3 is 1.77 bits per heavy atom. The molecule has 0 spiro atoms. The summed E-state index contributed by atoms with van der Waals surface area (Å²) < 4.78 is 118. The monoisotopic (exact) mass is 510 g/mol. The number of rotatable bonds is 3. The number of alkyl halides is 9. The molecule has 2 aromatic rings. The van der Waals surface area contributed by atoms with Gasteiger partial charge in [0.05, 0.1) is 16.7 Å². The van der Waals surface area contributed by atoms with Gasteiger partial charge in [0.25, 0.3) is 0 Å². The van der Waals surface area contributed by atoms with E-state index < -0.39 is 46.8 Å². The standard InChI is InChI=1S/C23H19F9N2O/c24-21(25,26)14-3-1-13(2-4-14)16-12-17(16)20(35)34-9-7-33(8-10-34)19-11-15(22(27,28)29)5-6-18(19)23(30,31)32/h1-6,11,16-17H,7-10,12H2. The molecule has 12 heteroatoms. The summed E-state index contributed by atoms with van der Waals surface area (Å²) in [5.41, 5.74) is -3.18. The lowest BCUT2D eigenvalue weighted by atomic mass is 10.1. The van der Waals surface area contributed by atoms with Crippen molar-refractivity contribution in [2.75, 3.05) is 31.1 Å². The predicted molar refractivity (Wildman–Crippen MR) is 108 cm³/mol. The van der Waals surface area contributed by atoms with Crippen molar-refractivity contribution in [2.24, 2.45) is 5.92 Å². The number of benzene rings is 2. The van der Waals surface area contributed by atoms with Crippen LogP contribution in [0.15, 0.2) is 42.5 Å². The Bertz CT molecular complexity index is 1080. The zero-order valence-corrected chi connectivity index (χ0v) is 17.9. The molecule has 2 fully saturated rings.